The van der Waals surface area contributed by atoms with Crippen molar-refractivity contribution in [3.8, 4) is 6.07 Å². The molecule has 0 aliphatic carbocycles. The van der Waals surface area contributed by atoms with Crippen molar-refractivity contribution in [3.63, 3.8) is 0 Å². The molecule has 1 aromatic rings. The van der Waals surface area contributed by atoms with E-state index < -0.39 is 0 Å². The minimum absolute atomic E-state index is 0. The van der Waals surface area contributed by atoms with Gasteiger partial charge in [-0.25, -0.2) is 0 Å². The molecule has 0 saturated heterocycles. The Hall–Kier alpha value is -1.53. The molecule has 4 heteroatoms. The van der Waals surface area contributed by atoms with E-state index in [0.717, 1.165) is 0 Å². The van der Waals surface area contributed by atoms with Crippen LogP contribution in [0.1, 0.15) is 15.9 Å². The minimum atomic E-state index is -0.0860. The number of carbonyl (C=O) groups is 1. The SMILES string of the molecule is CN(C)C(=O)c1cccc(C#N)c1.Cl. The first-order valence-electron chi connectivity index (χ1n) is 3.87. The summed E-state index contributed by atoms with van der Waals surface area (Å²) in [7, 11) is 3.36. The number of hydrogen-bond donors (Lipinski definition) is 0. The van der Waals surface area contributed by atoms with Gasteiger partial charge >= 0.3 is 0 Å². The Morgan fingerprint density at radius 1 is 1.43 bits per heavy atom. The summed E-state index contributed by atoms with van der Waals surface area (Å²) in [6.07, 6.45) is 0. The van der Waals surface area contributed by atoms with Gasteiger partial charge in [0.1, 0.15) is 0 Å². The molecule has 0 N–H and O–H groups in total. The summed E-state index contributed by atoms with van der Waals surface area (Å²) >= 11 is 0. The highest BCUT2D eigenvalue weighted by Crippen LogP contribution is 2.05. The van der Waals surface area contributed by atoms with Gasteiger partial charge in [-0.15, -0.1) is 12.4 Å². The topological polar surface area (TPSA) is 44.1 Å². The standard InChI is InChI=1S/C10H10N2O.ClH/c1-12(2)10(13)9-5-3-4-8(6-9)7-11;/h3-6H,1-2H3;1H. The van der Waals surface area contributed by atoms with Crippen molar-refractivity contribution in [2.45, 2.75) is 0 Å². The van der Waals surface area contributed by atoms with Gasteiger partial charge in [-0.05, 0) is 18.2 Å². The lowest BCUT2D eigenvalue weighted by Crippen LogP contribution is -2.21. The zero-order chi connectivity index (χ0) is 9.84. The monoisotopic (exact) mass is 210 g/mol. The van der Waals surface area contributed by atoms with Gasteiger partial charge in [0.05, 0.1) is 11.6 Å². The third-order valence-electron chi connectivity index (χ3n) is 1.64. The van der Waals surface area contributed by atoms with E-state index in [1.54, 1.807) is 38.4 Å². The molecule has 0 spiro atoms. The number of nitriles is 1. The highest BCUT2D eigenvalue weighted by Gasteiger charge is 2.07. The van der Waals surface area contributed by atoms with Crippen molar-refractivity contribution in [1.29, 1.82) is 5.26 Å². The number of halogens is 1. The normalized spacial score (nSPS) is 8.36. The lowest BCUT2D eigenvalue weighted by atomic mass is 10.1. The first-order valence-corrected chi connectivity index (χ1v) is 3.87. The smallest absolute Gasteiger partial charge is 0.253 e. The zero-order valence-electron chi connectivity index (χ0n) is 8.02. The molecule has 1 rings (SSSR count). The van der Waals surface area contributed by atoms with Gasteiger partial charge in [0, 0.05) is 19.7 Å². The summed E-state index contributed by atoms with van der Waals surface area (Å²) in [5.74, 6) is -0.0860. The van der Waals surface area contributed by atoms with Crippen LogP contribution in [0.25, 0.3) is 0 Å². The minimum Gasteiger partial charge on any atom is -0.345 e. The van der Waals surface area contributed by atoms with E-state index in [1.807, 2.05) is 6.07 Å². The molecule has 14 heavy (non-hydrogen) atoms. The Bertz CT molecular complexity index is 369. The van der Waals surface area contributed by atoms with Crippen LogP contribution in [0.3, 0.4) is 0 Å². The molecule has 0 aliphatic rings. The van der Waals surface area contributed by atoms with Crippen LogP contribution in [0, 0.1) is 11.3 Å². The summed E-state index contributed by atoms with van der Waals surface area (Å²) in [5.41, 5.74) is 1.05. The van der Waals surface area contributed by atoms with Crippen LogP contribution in [0.5, 0.6) is 0 Å². The average Bonchev–Trinajstić information content (AvgIpc) is 2.16. The second-order valence-electron chi connectivity index (χ2n) is 2.89. The number of hydrogen-bond acceptors (Lipinski definition) is 2. The molecule has 0 bridgehead atoms. The maximum absolute atomic E-state index is 11.4. The van der Waals surface area contributed by atoms with E-state index in [1.165, 1.54) is 4.90 Å². The van der Waals surface area contributed by atoms with Crippen LogP contribution < -0.4 is 0 Å². The predicted octanol–water partition coefficient (Wildman–Crippen LogP) is 1.68. The summed E-state index contributed by atoms with van der Waals surface area (Å²) < 4.78 is 0. The van der Waals surface area contributed by atoms with Crippen LogP contribution in [0.15, 0.2) is 24.3 Å². The summed E-state index contributed by atoms with van der Waals surface area (Å²) in [4.78, 5) is 12.9. The fraction of sp³-hybridized carbons (Fsp3) is 0.200. The second kappa shape index (κ2) is 5.25. The Morgan fingerprint density at radius 3 is 2.57 bits per heavy atom. The second-order valence-corrected chi connectivity index (χ2v) is 2.89. The van der Waals surface area contributed by atoms with E-state index in [0.29, 0.717) is 11.1 Å². The number of benzene rings is 1. The Balaban J connectivity index is 0.00000169. The molecule has 0 heterocycles. The molecule has 0 saturated carbocycles. The summed E-state index contributed by atoms with van der Waals surface area (Å²) in [5, 5.41) is 8.61. The molecule has 3 nitrogen and oxygen atoms in total. The van der Waals surface area contributed by atoms with Gasteiger partial charge in [0.25, 0.3) is 5.91 Å². The van der Waals surface area contributed by atoms with Gasteiger partial charge in [0.15, 0.2) is 0 Å². The van der Waals surface area contributed by atoms with Crippen molar-refractivity contribution >= 4 is 18.3 Å². The van der Waals surface area contributed by atoms with E-state index >= 15 is 0 Å². The van der Waals surface area contributed by atoms with Gasteiger partial charge < -0.3 is 4.90 Å². The molecular weight excluding hydrogens is 200 g/mol. The van der Waals surface area contributed by atoms with E-state index in [4.69, 9.17) is 5.26 Å². The van der Waals surface area contributed by atoms with Crippen molar-refractivity contribution in [1.82, 2.24) is 4.90 Å². The van der Waals surface area contributed by atoms with Crippen molar-refractivity contribution < 1.29 is 4.79 Å². The summed E-state index contributed by atoms with van der Waals surface area (Å²) in [6.45, 7) is 0. The van der Waals surface area contributed by atoms with Crippen molar-refractivity contribution in [3.05, 3.63) is 35.4 Å². The first-order chi connectivity index (χ1) is 6.15. The zero-order valence-corrected chi connectivity index (χ0v) is 8.84. The molecule has 0 aliphatic heterocycles. The van der Waals surface area contributed by atoms with Crippen LogP contribution in [-0.2, 0) is 0 Å². The van der Waals surface area contributed by atoms with Crippen LogP contribution in [0.4, 0.5) is 0 Å². The van der Waals surface area contributed by atoms with E-state index in [9.17, 15) is 4.79 Å². The molecule has 0 fully saturated rings. The fourth-order valence-corrected chi connectivity index (χ4v) is 0.980. The molecule has 0 radical (unpaired) electrons. The maximum Gasteiger partial charge on any atom is 0.253 e. The first kappa shape index (κ1) is 12.5. The molecule has 0 unspecified atom stereocenters. The maximum atomic E-state index is 11.4. The Morgan fingerprint density at radius 2 is 2.07 bits per heavy atom. The number of rotatable bonds is 1. The highest BCUT2D eigenvalue weighted by atomic mass is 35.5. The number of carbonyl (C=O) groups excluding carboxylic acids is 1. The molecule has 1 amide bonds. The molecule has 74 valence electrons. The largest absolute Gasteiger partial charge is 0.345 e. The van der Waals surface area contributed by atoms with Crippen LogP contribution >= 0.6 is 12.4 Å². The Labute approximate surface area is 89.4 Å². The molecule has 0 atom stereocenters. The lowest BCUT2D eigenvalue weighted by molar-refractivity contribution is 0.0827. The molecule has 0 aromatic heterocycles. The van der Waals surface area contributed by atoms with E-state index in [2.05, 4.69) is 0 Å². The lowest BCUT2D eigenvalue weighted by Gasteiger charge is -2.09. The molecular formula is C10H11ClN2O. The quantitative estimate of drug-likeness (QED) is 0.708. The fourth-order valence-electron chi connectivity index (χ4n) is 0.980. The van der Waals surface area contributed by atoms with Gasteiger partial charge in [-0.1, -0.05) is 6.07 Å². The van der Waals surface area contributed by atoms with Gasteiger partial charge in [-0.2, -0.15) is 5.26 Å². The van der Waals surface area contributed by atoms with E-state index in [-0.39, 0.29) is 18.3 Å². The predicted molar refractivity (Wildman–Crippen MR) is 56.4 cm³/mol. The van der Waals surface area contributed by atoms with Gasteiger partial charge in [0.2, 0.25) is 0 Å². The van der Waals surface area contributed by atoms with Gasteiger partial charge in [-0.3, -0.25) is 4.79 Å². The Kier molecular flexibility index (Phi) is 4.68. The van der Waals surface area contributed by atoms with Crippen LogP contribution in [-0.4, -0.2) is 24.9 Å². The number of nitrogens with zero attached hydrogens (tertiary/aromatic N) is 2. The highest BCUT2D eigenvalue weighted by molar-refractivity contribution is 5.94. The third kappa shape index (κ3) is 2.75. The third-order valence-corrected chi connectivity index (χ3v) is 1.64. The van der Waals surface area contributed by atoms with Crippen molar-refractivity contribution in [2.24, 2.45) is 0 Å². The number of amides is 1. The van der Waals surface area contributed by atoms with Crippen molar-refractivity contribution in [2.75, 3.05) is 14.1 Å². The average molecular weight is 211 g/mol. The van der Waals surface area contributed by atoms with Crippen LogP contribution in [0.2, 0.25) is 0 Å². The molecule has 1 aromatic carbocycles. The summed E-state index contributed by atoms with van der Waals surface area (Å²) in [6, 6.07) is 8.65.